The molecule has 58 heavy (non-hydrogen) atoms. The minimum absolute atomic E-state index is 0.0353. The molecule has 2 bridgehead atoms. The number of aliphatic hydroxyl groups excluding tert-OH is 1. The largest absolute Gasteiger partial charge is 0.444 e. The molecule has 0 radical (unpaired) electrons. The van der Waals surface area contributed by atoms with E-state index in [9.17, 15) is 14.7 Å². The Kier molecular flexibility index (Phi) is 9.72. The Morgan fingerprint density at radius 2 is 1.50 bits per heavy atom. The number of amides is 2. The number of ether oxygens (including phenoxy) is 2. The lowest BCUT2D eigenvalue weighted by Crippen LogP contribution is -2.53. The molecule has 304 valence electrons. The number of carbonyl (C=O) groups is 2. The number of aliphatic hydroxyl groups is 1. The third kappa shape index (κ3) is 7.30. The third-order valence-electron chi connectivity index (χ3n) is 12.9. The summed E-state index contributed by atoms with van der Waals surface area (Å²) in [6, 6.07) is 20.9. The molecule has 2 amide bonds. The van der Waals surface area contributed by atoms with E-state index in [4.69, 9.17) is 19.4 Å². The number of aromatic nitrogens is 4. The summed E-state index contributed by atoms with van der Waals surface area (Å²) in [5.74, 6) is 1.93. The number of likely N-dealkylation sites (tertiary alicyclic amines) is 2. The molecule has 1 spiro atoms. The lowest BCUT2D eigenvalue weighted by Gasteiger charge is -2.35. The number of nitrogens with zero attached hydrogens (tertiary/aromatic N) is 4. The summed E-state index contributed by atoms with van der Waals surface area (Å²) in [6.45, 7) is 10.4. The number of nitrogens with one attached hydrogen (secondary N) is 3. The van der Waals surface area contributed by atoms with Crippen molar-refractivity contribution in [3.63, 3.8) is 0 Å². The monoisotopic (exact) mass is 785 g/mol. The number of benzene rings is 3. The van der Waals surface area contributed by atoms with Gasteiger partial charge in [-0.15, -0.1) is 0 Å². The van der Waals surface area contributed by atoms with Crippen LogP contribution in [-0.2, 0) is 14.3 Å². The number of imidazole rings is 2. The highest BCUT2D eigenvalue weighted by atomic mass is 16.6. The van der Waals surface area contributed by atoms with Crippen molar-refractivity contribution in [3.8, 4) is 33.6 Å². The number of methoxy groups -OCH3 is 1. The van der Waals surface area contributed by atoms with Gasteiger partial charge in [-0.3, -0.25) is 15.0 Å². The number of carbonyl (C=O) groups excluding carboxylic acids is 2. The first-order valence-corrected chi connectivity index (χ1v) is 20.8. The van der Waals surface area contributed by atoms with Crippen molar-refractivity contribution in [1.82, 2.24) is 35.1 Å². The second-order valence-corrected chi connectivity index (χ2v) is 18.4. The Morgan fingerprint density at radius 3 is 2.17 bits per heavy atom. The zero-order chi connectivity index (χ0) is 40.5. The first-order valence-electron chi connectivity index (χ1n) is 20.8. The van der Waals surface area contributed by atoms with Gasteiger partial charge in [0.05, 0.1) is 41.9 Å². The summed E-state index contributed by atoms with van der Waals surface area (Å²) in [4.78, 5) is 47.8. The number of H-pyrrole nitrogens is 2. The number of hydrogen-bond donors (Lipinski definition) is 4. The molecule has 2 aliphatic carbocycles. The van der Waals surface area contributed by atoms with E-state index in [0.717, 1.165) is 94.6 Å². The lowest BCUT2D eigenvalue weighted by atomic mass is 9.98. The van der Waals surface area contributed by atoms with Gasteiger partial charge in [0, 0.05) is 25.3 Å². The summed E-state index contributed by atoms with van der Waals surface area (Å²) in [7, 11) is 1.41. The molecule has 12 heteroatoms. The maximum atomic E-state index is 13.9. The fourth-order valence-electron chi connectivity index (χ4n) is 9.66. The molecular weight excluding hydrogens is 731 g/mol. The van der Waals surface area contributed by atoms with Gasteiger partial charge in [-0.1, -0.05) is 62.4 Å². The highest BCUT2D eigenvalue weighted by Gasteiger charge is 2.55. The Labute approximate surface area is 339 Å². The number of piperidine rings is 1. The van der Waals surface area contributed by atoms with E-state index in [1.165, 1.54) is 7.11 Å². The average Bonchev–Trinajstić information content (AvgIpc) is 3.83. The molecule has 3 aromatic carbocycles. The van der Waals surface area contributed by atoms with Gasteiger partial charge in [0.25, 0.3) is 0 Å². The van der Waals surface area contributed by atoms with Crippen LogP contribution in [0.4, 0.5) is 4.79 Å². The molecule has 4 aliphatic rings. The number of aromatic amines is 2. The van der Waals surface area contributed by atoms with Crippen LogP contribution in [0.5, 0.6) is 0 Å². The van der Waals surface area contributed by atoms with Crippen molar-refractivity contribution in [2.45, 2.75) is 109 Å². The third-order valence-corrected chi connectivity index (χ3v) is 12.9. The molecule has 2 saturated carbocycles. The van der Waals surface area contributed by atoms with E-state index in [-0.39, 0.29) is 41.5 Å². The van der Waals surface area contributed by atoms with Crippen LogP contribution in [0.1, 0.15) is 96.9 Å². The predicted octanol–water partition coefficient (Wildman–Crippen LogP) is 8.34. The van der Waals surface area contributed by atoms with Gasteiger partial charge in [-0.25, -0.2) is 14.8 Å². The van der Waals surface area contributed by atoms with E-state index in [0.29, 0.717) is 12.5 Å². The molecule has 4 heterocycles. The van der Waals surface area contributed by atoms with Gasteiger partial charge in [-0.05, 0) is 116 Å². The van der Waals surface area contributed by atoms with E-state index < -0.39 is 18.1 Å². The summed E-state index contributed by atoms with van der Waals surface area (Å²) < 4.78 is 10.8. The van der Waals surface area contributed by atoms with Gasteiger partial charge >= 0.3 is 6.09 Å². The molecule has 2 aliphatic heterocycles. The molecule has 4 N–H and O–H groups in total. The molecule has 2 aromatic heterocycles. The quantitative estimate of drug-likeness (QED) is 0.103. The summed E-state index contributed by atoms with van der Waals surface area (Å²) >= 11 is 0. The Morgan fingerprint density at radius 1 is 0.879 bits per heavy atom. The predicted molar refractivity (Wildman–Crippen MR) is 222 cm³/mol. The fraction of sp³-hybridized carbons (Fsp3) is 0.478. The van der Waals surface area contributed by atoms with Gasteiger partial charge in [-0.2, -0.15) is 0 Å². The average molecular weight is 786 g/mol. The maximum absolute atomic E-state index is 13.9. The Bertz CT molecular complexity index is 2320. The smallest absolute Gasteiger partial charge is 0.411 e. The number of fused-ring (bicyclic) bond motifs is 3. The standard InChI is InChI=1S/C46H55N7O5/c1-26(2)38(51-43(55)57-6)42(54)52-25-46(17-18-46)22-37(52)40-47-24-36(49-40)32-14-13-30-19-29(11-12-31(30)20-32)27-7-9-28(10-8-27)35-23-48-41(50-35)39-33-15-16-34(21-33)53(39)44(56)58-45(3,4)5/h7-14,19-20,23-24,26,33-34,37-39,43,51,55H,15-18,21-22,25H2,1-6H3,(H,47,49)(H,48,50)/t33-,34?,37-,38-,39-,43?/m0/s1. The molecule has 2 unspecified atom stereocenters. The fourth-order valence-corrected chi connectivity index (χ4v) is 9.66. The van der Waals surface area contributed by atoms with Gasteiger partial charge in [0.1, 0.15) is 17.2 Å². The van der Waals surface area contributed by atoms with Gasteiger partial charge in [0.2, 0.25) is 12.3 Å². The molecule has 5 aromatic rings. The van der Waals surface area contributed by atoms with Gasteiger partial charge < -0.3 is 29.4 Å². The van der Waals surface area contributed by atoms with Crippen molar-refractivity contribution >= 4 is 22.8 Å². The Balaban J connectivity index is 0.896. The minimum Gasteiger partial charge on any atom is -0.444 e. The van der Waals surface area contributed by atoms with Crippen molar-refractivity contribution in [1.29, 1.82) is 0 Å². The highest BCUT2D eigenvalue weighted by Crippen LogP contribution is 2.58. The van der Waals surface area contributed by atoms with Crippen LogP contribution in [0, 0.1) is 17.3 Å². The summed E-state index contributed by atoms with van der Waals surface area (Å²) in [5.41, 5.74) is 5.76. The molecular formula is C46H55N7O5. The van der Waals surface area contributed by atoms with Crippen LogP contribution in [0.25, 0.3) is 44.4 Å². The molecule has 9 rings (SSSR count). The van der Waals surface area contributed by atoms with E-state index in [1.807, 2.05) is 56.8 Å². The SMILES string of the molecule is COC(O)N[C@H](C(=O)N1CC2(CC2)C[C@H]1c1ncc(-c2ccc3cc(-c4ccc(-c5cnc([C@@H]6[C@H]7CCC(C7)N6C(=O)OC(C)(C)C)[nH]5)cc4)ccc3c2)[nH]1)C(C)C. The number of hydrogen-bond acceptors (Lipinski definition) is 8. The van der Waals surface area contributed by atoms with Crippen LogP contribution >= 0.6 is 0 Å². The van der Waals surface area contributed by atoms with Crippen LogP contribution in [-0.4, -0.2) is 84.6 Å². The molecule has 4 fully saturated rings. The van der Waals surface area contributed by atoms with Crippen LogP contribution in [0.15, 0.2) is 73.1 Å². The Hall–Kier alpha value is -5.04. The van der Waals surface area contributed by atoms with E-state index >= 15 is 0 Å². The first-order chi connectivity index (χ1) is 27.8. The second kappa shape index (κ2) is 14.7. The lowest BCUT2D eigenvalue weighted by molar-refractivity contribution is -0.145. The highest BCUT2D eigenvalue weighted by molar-refractivity contribution is 5.90. The summed E-state index contributed by atoms with van der Waals surface area (Å²) in [5, 5.41) is 15.3. The summed E-state index contributed by atoms with van der Waals surface area (Å²) in [6.07, 6.45) is 8.50. The zero-order valence-electron chi connectivity index (χ0n) is 34.3. The number of rotatable bonds is 10. The molecule has 6 atom stereocenters. The maximum Gasteiger partial charge on any atom is 0.411 e. The van der Waals surface area contributed by atoms with Crippen molar-refractivity contribution in [2.24, 2.45) is 17.3 Å². The van der Waals surface area contributed by atoms with Crippen molar-refractivity contribution in [3.05, 3.63) is 84.7 Å². The van der Waals surface area contributed by atoms with Crippen molar-refractivity contribution in [2.75, 3.05) is 13.7 Å². The molecule has 12 nitrogen and oxygen atoms in total. The van der Waals surface area contributed by atoms with E-state index in [1.54, 1.807) is 0 Å². The normalized spacial score (nSPS) is 23.3. The van der Waals surface area contributed by atoms with Crippen LogP contribution in [0.2, 0.25) is 0 Å². The first kappa shape index (κ1) is 38.5. The van der Waals surface area contributed by atoms with Crippen LogP contribution in [0.3, 0.4) is 0 Å². The van der Waals surface area contributed by atoms with Crippen molar-refractivity contribution < 1.29 is 24.2 Å². The van der Waals surface area contributed by atoms with Crippen LogP contribution < -0.4 is 5.32 Å². The van der Waals surface area contributed by atoms with E-state index in [2.05, 4.69) is 75.9 Å². The topological polar surface area (TPSA) is 149 Å². The molecule has 2 saturated heterocycles. The minimum atomic E-state index is -1.22. The van der Waals surface area contributed by atoms with Gasteiger partial charge in [0.15, 0.2) is 0 Å². The zero-order valence-corrected chi connectivity index (χ0v) is 34.3. The second-order valence-electron chi connectivity index (χ2n) is 18.4.